The van der Waals surface area contributed by atoms with E-state index >= 15 is 0 Å². The van der Waals surface area contributed by atoms with Gasteiger partial charge >= 0.3 is 0 Å². The average molecular weight is 272 g/mol. The van der Waals surface area contributed by atoms with E-state index in [0.717, 1.165) is 0 Å². The van der Waals surface area contributed by atoms with Crippen LogP contribution in [-0.2, 0) is 10.2 Å². The van der Waals surface area contributed by atoms with Crippen molar-refractivity contribution < 1.29 is 13.5 Å². The minimum atomic E-state index is -3.50. The SMILES string of the molecule is CCN(CC)S(=O)(=O)NCC(O)c1ccccc1. The Bertz CT molecular complexity index is 444. The summed E-state index contributed by atoms with van der Waals surface area (Å²) in [6.07, 6.45) is -0.837. The van der Waals surface area contributed by atoms with Gasteiger partial charge < -0.3 is 5.11 Å². The molecule has 1 atom stereocenters. The average Bonchev–Trinajstić information content (AvgIpc) is 2.38. The van der Waals surface area contributed by atoms with E-state index in [1.807, 2.05) is 6.07 Å². The summed E-state index contributed by atoms with van der Waals surface area (Å²) in [4.78, 5) is 0. The molecule has 0 aliphatic carbocycles. The molecule has 5 nitrogen and oxygen atoms in total. The van der Waals surface area contributed by atoms with E-state index in [2.05, 4.69) is 4.72 Å². The fourth-order valence-electron chi connectivity index (χ4n) is 1.63. The lowest BCUT2D eigenvalue weighted by atomic mass is 10.1. The summed E-state index contributed by atoms with van der Waals surface area (Å²) in [5.41, 5.74) is 0.694. The van der Waals surface area contributed by atoms with Gasteiger partial charge in [0, 0.05) is 19.6 Å². The molecular formula is C12H20N2O3S. The van der Waals surface area contributed by atoms with Gasteiger partial charge in [-0.15, -0.1) is 0 Å². The Balaban J connectivity index is 2.60. The molecule has 0 heterocycles. The van der Waals surface area contributed by atoms with E-state index in [0.29, 0.717) is 18.7 Å². The molecule has 0 spiro atoms. The van der Waals surface area contributed by atoms with Gasteiger partial charge in [0.2, 0.25) is 0 Å². The van der Waals surface area contributed by atoms with Crippen LogP contribution in [0.15, 0.2) is 30.3 Å². The van der Waals surface area contributed by atoms with Crippen LogP contribution in [0.2, 0.25) is 0 Å². The highest BCUT2D eigenvalue weighted by Gasteiger charge is 2.19. The van der Waals surface area contributed by atoms with Crippen molar-refractivity contribution in [3.05, 3.63) is 35.9 Å². The molecule has 1 unspecified atom stereocenters. The van der Waals surface area contributed by atoms with E-state index < -0.39 is 16.3 Å². The van der Waals surface area contributed by atoms with Crippen molar-refractivity contribution in [1.82, 2.24) is 9.03 Å². The van der Waals surface area contributed by atoms with Crippen LogP contribution in [0.3, 0.4) is 0 Å². The second-order valence-corrected chi connectivity index (χ2v) is 5.62. The van der Waals surface area contributed by atoms with E-state index in [9.17, 15) is 13.5 Å². The Morgan fingerprint density at radius 1 is 1.22 bits per heavy atom. The largest absolute Gasteiger partial charge is 0.387 e. The summed E-state index contributed by atoms with van der Waals surface area (Å²) in [6, 6.07) is 8.97. The number of hydrogen-bond donors (Lipinski definition) is 2. The molecule has 1 aromatic rings. The van der Waals surface area contributed by atoms with Crippen molar-refractivity contribution in [2.45, 2.75) is 20.0 Å². The monoisotopic (exact) mass is 272 g/mol. The molecular weight excluding hydrogens is 252 g/mol. The van der Waals surface area contributed by atoms with Gasteiger partial charge in [0.05, 0.1) is 6.10 Å². The lowest BCUT2D eigenvalue weighted by molar-refractivity contribution is 0.181. The minimum absolute atomic E-state index is 0.0250. The van der Waals surface area contributed by atoms with Crippen molar-refractivity contribution >= 4 is 10.2 Å². The number of nitrogens with one attached hydrogen (secondary N) is 1. The summed E-state index contributed by atoms with van der Waals surface area (Å²) >= 11 is 0. The van der Waals surface area contributed by atoms with Crippen LogP contribution in [0.4, 0.5) is 0 Å². The zero-order valence-electron chi connectivity index (χ0n) is 10.7. The molecule has 0 radical (unpaired) electrons. The van der Waals surface area contributed by atoms with E-state index in [1.54, 1.807) is 38.1 Å². The number of nitrogens with zero attached hydrogens (tertiary/aromatic N) is 1. The predicted octanol–water partition coefficient (Wildman–Crippen LogP) is 0.896. The molecule has 0 saturated carbocycles. The Kier molecular flexibility index (Phi) is 5.74. The molecule has 0 bridgehead atoms. The zero-order valence-corrected chi connectivity index (χ0v) is 11.5. The van der Waals surface area contributed by atoms with Crippen LogP contribution in [0, 0.1) is 0 Å². The summed E-state index contributed by atoms with van der Waals surface area (Å²) in [7, 11) is -3.50. The van der Waals surface area contributed by atoms with Gasteiger partial charge in [-0.25, -0.2) is 0 Å². The number of hydrogen-bond acceptors (Lipinski definition) is 3. The third-order valence-corrected chi connectivity index (χ3v) is 4.42. The Labute approximate surface area is 109 Å². The van der Waals surface area contributed by atoms with Crippen molar-refractivity contribution in [2.24, 2.45) is 0 Å². The van der Waals surface area contributed by atoms with Gasteiger partial charge in [0.25, 0.3) is 10.2 Å². The predicted molar refractivity (Wildman–Crippen MR) is 71.2 cm³/mol. The maximum absolute atomic E-state index is 11.8. The molecule has 102 valence electrons. The maximum Gasteiger partial charge on any atom is 0.279 e. The molecule has 0 aliphatic heterocycles. The quantitative estimate of drug-likeness (QED) is 0.774. The topological polar surface area (TPSA) is 69.6 Å². The third-order valence-electron chi connectivity index (χ3n) is 2.69. The lowest BCUT2D eigenvalue weighted by Crippen LogP contribution is -2.42. The highest BCUT2D eigenvalue weighted by atomic mass is 32.2. The fraction of sp³-hybridized carbons (Fsp3) is 0.500. The third kappa shape index (κ3) is 4.06. The molecule has 0 fully saturated rings. The fourth-order valence-corrected chi connectivity index (χ4v) is 2.86. The molecule has 6 heteroatoms. The Morgan fingerprint density at radius 2 is 1.78 bits per heavy atom. The number of aliphatic hydroxyl groups excluding tert-OH is 1. The number of aliphatic hydroxyl groups is 1. The number of rotatable bonds is 7. The van der Waals surface area contributed by atoms with Crippen LogP contribution in [0.25, 0.3) is 0 Å². The highest BCUT2D eigenvalue weighted by Crippen LogP contribution is 2.11. The first-order chi connectivity index (χ1) is 8.51. The van der Waals surface area contributed by atoms with Crippen molar-refractivity contribution in [3.8, 4) is 0 Å². The summed E-state index contributed by atoms with van der Waals surface area (Å²) in [5, 5.41) is 9.87. The van der Waals surface area contributed by atoms with Gasteiger partial charge in [0.15, 0.2) is 0 Å². The van der Waals surface area contributed by atoms with E-state index in [-0.39, 0.29) is 6.54 Å². The molecule has 2 N–H and O–H groups in total. The summed E-state index contributed by atoms with van der Waals surface area (Å²) in [5.74, 6) is 0. The van der Waals surface area contributed by atoms with Crippen molar-refractivity contribution in [1.29, 1.82) is 0 Å². The van der Waals surface area contributed by atoms with Crippen LogP contribution in [-0.4, -0.2) is 37.5 Å². The van der Waals surface area contributed by atoms with E-state index in [4.69, 9.17) is 0 Å². The number of benzene rings is 1. The lowest BCUT2D eigenvalue weighted by Gasteiger charge is -2.20. The van der Waals surface area contributed by atoms with Crippen LogP contribution < -0.4 is 4.72 Å². The molecule has 0 aromatic heterocycles. The summed E-state index contributed by atoms with van der Waals surface area (Å²) in [6.45, 7) is 4.34. The first-order valence-electron chi connectivity index (χ1n) is 5.99. The molecule has 0 saturated heterocycles. The van der Waals surface area contributed by atoms with Gasteiger partial charge in [-0.05, 0) is 5.56 Å². The first kappa shape index (κ1) is 15.1. The van der Waals surface area contributed by atoms with Gasteiger partial charge in [-0.3, -0.25) is 0 Å². The Morgan fingerprint density at radius 3 is 2.28 bits per heavy atom. The van der Waals surface area contributed by atoms with Gasteiger partial charge in [-0.2, -0.15) is 17.4 Å². The van der Waals surface area contributed by atoms with Crippen LogP contribution in [0.1, 0.15) is 25.5 Å². The molecule has 0 amide bonds. The molecule has 1 rings (SSSR count). The molecule has 18 heavy (non-hydrogen) atoms. The zero-order chi connectivity index (χ0) is 13.6. The normalized spacial score (nSPS) is 13.8. The van der Waals surface area contributed by atoms with Gasteiger partial charge in [-0.1, -0.05) is 44.2 Å². The minimum Gasteiger partial charge on any atom is -0.387 e. The standard InChI is InChI=1S/C12H20N2O3S/c1-3-14(4-2)18(16,17)13-10-12(15)11-8-6-5-7-9-11/h5-9,12-13,15H,3-4,10H2,1-2H3. The summed E-state index contributed by atoms with van der Waals surface area (Å²) < 4.78 is 27.4. The van der Waals surface area contributed by atoms with Crippen molar-refractivity contribution in [3.63, 3.8) is 0 Å². The highest BCUT2D eigenvalue weighted by molar-refractivity contribution is 7.87. The smallest absolute Gasteiger partial charge is 0.279 e. The second-order valence-electron chi connectivity index (χ2n) is 3.86. The second kappa shape index (κ2) is 6.84. The van der Waals surface area contributed by atoms with Gasteiger partial charge in [0.1, 0.15) is 0 Å². The van der Waals surface area contributed by atoms with Crippen LogP contribution >= 0.6 is 0 Å². The van der Waals surface area contributed by atoms with Crippen LogP contribution in [0.5, 0.6) is 0 Å². The first-order valence-corrected chi connectivity index (χ1v) is 7.43. The van der Waals surface area contributed by atoms with E-state index in [1.165, 1.54) is 4.31 Å². The maximum atomic E-state index is 11.8. The molecule has 0 aliphatic rings. The molecule has 1 aromatic carbocycles. The van der Waals surface area contributed by atoms with Crippen molar-refractivity contribution in [2.75, 3.05) is 19.6 Å². The Hall–Kier alpha value is -0.950.